The van der Waals surface area contributed by atoms with Gasteiger partial charge in [-0.1, -0.05) is 6.07 Å². The maximum Gasteiger partial charge on any atom is 0.200 e. The van der Waals surface area contributed by atoms with Gasteiger partial charge in [0.15, 0.2) is 11.6 Å². The maximum absolute atomic E-state index is 13.3. The molecule has 0 aliphatic heterocycles. The lowest BCUT2D eigenvalue weighted by Crippen LogP contribution is -2.15. The second-order valence-corrected chi connectivity index (χ2v) is 3.57. The highest BCUT2D eigenvalue weighted by Gasteiger charge is 2.13. The lowest BCUT2D eigenvalue weighted by molar-refractivity contribution is 0.366. The summed E-state index contributed by atoms with van der Waals surface area (Å²) >= 11 is 0. The summed E-state index contributed by atoms with van der Waals surface area (Å²) < 4.78 is 31.0. The fraction of sp³-hybridized carbons (Fsp3) is 0.455. The van der Waals surface area contributed by atoms with Gasteiger partial charge in [0.25, 0.3) is 0 Å². The summed E-state index contributed by atoms with van der Waals surface area (Å²) in [6.07, 6.45) is 1.29. The van der Waals surface area contributed by atoms with Gasteiger partial charge in [-0.25, -0.2) is 4.39 Å². The zero-order chi connectivity index (χ0) is 11.4. The quantitative estimate of drug-likeness (QED) is 0.836. The predicted octanol–water partition coefficient (Wildman–Crippen LogP) is 2.25. The third-order valence-electron chi connectivity index (χ3n) is 2.20. The summed E-state index contributed by atoms with van der Waals surface area (Å²) in [4.78, 5) is 0. The molecule has 1 aromatic carbocycles. The van der Waals surface area contributed by atoms with Gasteiger partial charge in [-0.2, -0.15) is 4.39 Å². The Morgan fingerprint density at radius 1 is 1.40 bits per heavy atom. The highest BCUT2D eigenvalue weighted by atomic mass is 19.2. The highest BCUT2D eigenvalue weighted by molar-refractivity contribution is 5.35. The van der Waals surface area contributed by atoms with E-state index in [0.29, 0.717) is 18.4 Å². The lowest BCUT2D eigenvalue weighted by Gasteiger charge is -2.11. The molecule has 4 heteroatoms. The number of aryl methyl sites for hydroxylation is 1. The van der Waals surface area contributed by atoms with E-state index in [9.17, 15) is 8.78 Å². The Kier molecular flexibility index (Phi) is 4.03. The van der Waals surface area contributed by atoms with Gasteiger partial charge in [-0.05, 0) is 31.4 Å². The van der Waals surface area contributed by atoms with Crippen LogP contribution in [0.3, 0.4) is 0 Å². The molecule has 2 N–H and O–H groups in total. The molecule has 0 bridgehead atoms. The van der Waals surface area contributed by atoms with E-state index in [1.807, 2.05) is 6.92 Å². The zero-order valence-electron chi connectivity index (χ0n) is 8.89. The molecule has 1 atom stereocenters. The highest BCUT2D eigenvalue weighted by Crippen LogP contribution is 2.25. The first-order valence-corrected chi connectivity index (χ1v) is 4.82. The van der Waals surface area contributed by atoms with Crippen molar-refractivity contribution in [3.8, 4) is 5.75 Å². The van der Waals surface area contributed by atoms with E-state index in [-0.39, 0.29) is 11.8 Å². The van der Waals surface area contributed by atoms with Crippen molar-refractivity contribution in [1.82, 2.24) is 0 Å². The summed E-state index contributed by atoms with van der Waals surface area (Å²) in [5.41, 5.74) is 6.24. The number of methoxy groups -OCH3 is 1. The average molecular weight is 215 g/mol. The standard InChI is InChI=1S/C11H15F2NO/c1-7(14)3-4-8-5-6-9(12)10(13)11(8)15-2/h5-7H,3-4,14H2,1-2H3/t7-/m0/s1. The summed E-state index contributed by atoms with van der Waals surface area (Å²) in [7, 11) is 1.33. The van der Waals surface area contributed by atoms with Gasteiger partial charge in [-0.3, -0.25) is 0 Å². The Morgan fingerprint density at radius 3 is 2.60 bits per heavy atom. The molecule has 0 saturated carbocycles. The van der Waals surface area contributed by atoms with Crippen molar-refractivity contribution in [3.63, 3.8) is 0 Å². The van der Waals surface area contributed by atoms with E-state index in [1.165, 1.54) is 13.2 Å². The van der Waals surface area contributed by atoms with E-state index < -0.39 is 11.6 Å². The van der Waals surface area contributed by atoms with Crippen molar-refractivity contribution in [1.29, 1.82) is 0 Å². The minimum Gasteiger partial charge on any atom is -0.493 e. The Balaban J connectivity index is 2.92. The number of nitrogens with two attached hydrogens (primary N) is 1. The fourth-order valence-corrected chi connectivity index (χ4v) is 1.37. The second kappa shape index (κ2) is 5.07. The summed E-state index contributed by atoms with van der Waals surface area (Å²) in [5.74, 6) is -1.84. The Labute approximate surface area is 88.0 Å². The molecule has 15 heavy (non-hydrogen) atoms. The van der Waals surface area contributed by atoms with Crippen molar-refractivity contribution < 1.29 is 13.5 Å². The first kappa shape index (κ1) is 11.9. The number of rotatable bonds is 4. The van der Waals surface area contributed by atoms with Crippen LogP contribution in [0, 0.1) is 11.6 Å². The number of halogens is 2. The maximum atomic E-state index is 13.3. The molecule has 1 rings (SSSR count). The molecule has 0 unspecified atom stereocenters. The Bertz CT molecular complexity index is 340. The average Bonchev–Trinajstić information content (AvgIpc) is 2.19. The molecule has 0 amide bonds. The first-order valence-electron chi connectivity index (χ1n) is 4.82. The SMILES string of the molecule is COc1c(CC[C@H](C)N)ccc(F)c1F. The molecule has 1 aromatic rings. The Morgan fingerprint density at radius 2 is 2.07 bits per heavy atom. The van der Waals surface area contributed by atoms with Crippen LogP contribution >= 0.6 is 0 Å². The van der Waals surface area contributed by atoms with Crippen LogP contribution in [0.4, 0.5) is 8.78 Å². The molecule has 0 aliphatic rings. The van der Waals surface area contributed by atoms with Gasteiger partial charge in [0, 0.05) is 6.04 Å². The van der Waals surface area contributed by atoms with Crippen molar-refractivity contribution in [2.45, 2.75) is 25.8 Å². The van der Waals surface area contributed by atoms with E-state index in [2.05, 4.69) is 0 Å². The van der Waals surface area contributed by atoms with Gasteiger partial charge in [0.05, 0.1) is 7.11 Å². The number of ether oxygens (including phenoxy) is 1. The van der Waals surface area contributed by atoms with Crippen LogP contribution in [-0.2, 0) is 6.42 Å². The van der Waals surface area contributed by atoms with Gasteiger partial charge in [-0.15, -0.1) is 0 Å². The van der Waals surface area contributed by atoms with Gasteiger partial charge in [0.2, 0.25) is 5.82 Å². The van der Waals surface area contributed by atoms with Crippen LogP contribution in [0.15, 0.2) is 12.1 Å². The fourth-order valence-electron chi connectivity index (χ4n) is 1.37. The molecule has 0 heterocycles. The van der Waals surface area contributed by atoms with Crippen LogP contribution in [0.5, 0.6) is 5.75 Å². The molecular weight excluding hydrogens is 200 g/mol. The summed E-state index contributed by atoms with van der Waals surface area (Å²) in [6.45, 7) is 1.87. The van der Waals surface area contributed by atoms with E-state index >= 15 is 0 Å². The van der Waals surface area contributed by atoms with Gasteiger partial charge < -0.3 is 10.5 Å². The summed E-state index contributed by atoms with van der Waals surface area (Å²) in [5, 5.41) is 0. The molecule has 0 aliphatic carbocycles. The molecule has 0 saturated heterocycles. The largest absolute Gasteiger partial charge is 0.493 e. The lowest BCUT2D eigenvalue weighted by atomic mass is 10.1. The van der Waals surface area contributed by atoms with Gasteiger partial charge in [0.1, 0.15) is 0 Å². The Hall–Kier alpha value is -1.16. The minimum atomic E-state index is -0.931. The molecule has 2 nitrogen and oxygen atoms in total. The molecule has 0 spiro atoms. The van der Waals surface area contributed by atoms with E-state index in [4.69, 9.17) is 10.5 Å². The van der Waals surface area contributed by atoms with E-state index in [1.54, 1.807) is 0 Å². The molecule has 0 radical (unpaired) electrons. The molecular formula is C11H15F2NO. The number of benzene rings is 1. The third-order valence-corrected chi connectivity index (χ3v) is 2.20. The van der Waals surface area contributed by atoms with Crippen LogP contribution < -0.4 is 10.5 Å². The topological polar surface area (TPSA) is 35.2 Å². The second-order valence-electron chi connectivity index (χ2n) is 3.57. The molecule has 0 aromatic heterocycles. The monoisotopic (exact) mass is 215 g/mol. The molecule has 0 fully saturated rings. The van der Waals surface area contributed by atoms with Crippen molar-refractivity contribution in [2.75, 3.05) is 7.11 Å². The van der Waals surface area contributed by atoms with Crippen LogP contribution in [0.1, 0.15) is 18.9 Å². The van der Waals surface area contributed by atoms with Crippen molar-refractivity contribution >= 4 is 0 Å². The minimum absolute atomic E-state index is 0.0179. The van der Waals surface area contributed by atoms with Crippen molar-refractivity contribution in [3.05, 3.63) is 29.3 Å². The van der Waals surface area contributed by atoms with Crippen LogP contribution in [0.25, 0.3) is 0 Å². The predicted molar refractivity (Wildman–Crippen MR) is 54.9 cm³/mol. The van der Waals surface area contributed by atoms with E-state index in [0.717, 1.165) is 6.07 Å². The normalized spacial score (nSPS) is 12.6. The molecule has 84 valence electrons. The third kappa shape index (κ3) is 2.89. The van der Waals surface area contributed by atoms with Crippen LogP contribution in [0.2, 0.25) is 0 Å². The van der Waals surface area contributed by atoms with Crippen molar-refractivity contribution in [2.24, 2.45) is 5.73 Å². The number of hydrogen-bond acceptors (Lipinski definition) is 2. The smallest absolute Gasteiger partial charge is 0.200 e. The summed E-state index contributed by atoms with van der Waals surface area (Å²) in [6, 6.07) is 2.66. The van der Waals surface area contributed by atoms with Crippen LogP contribution in [-0.4, -0.2) is 13.2 Å². The van der Waals surface area contributed by atoms with Gasteiger partial charge >= 0.3 is 0 Å². The zero-order valence-corrected chi connectivity index (χ0v) is 8.89. The number of hydrogen-bond donors (Lipinski definition) is 1. The first-order chi connectivity index (χ1) is 7.06.